The summed E-state index contributed by atoms with van der Waals surface area (Å²) in [6.45, 7) is 2.37. The van der Waals surface area contributed by atoms with Gasteiger partial charge in [0.2, 0.25) is 0 Å². The molecule has 0 radical (unpaired) electrons. The molecule has 0 aromatic heterocycles. The zero-order valence-corrected chi connectivity index (χ0v) is 14.2. The molecule has 0 bridgehead atoms. The number of carbonyl (C=O) groups excluding carboxylic acids is 1. The molecule has 0 spiro atoms. The normalized spacial score (nSPS) is 10.5. The zero-order chi connectivity index (χ0) is 16.2. The molecule has 0 aliphatic carbocycles. The SMILES string of the molecule is CCOc1ccccc1C(=O)Oc1ccc2ccccc2c1Br. The van der Waals surface area contributed by atoms with Gasteiger partial charge in [-0.15, -0.1) is 0 Å². The summed E-state index contributed by atoms with van der Waals surface area (Å²) in [7, 11) is 0. The van der Waals surface area contributed by atoms with Gasteiger partial charge >= 0.3 is 5.97 Å². The lowest BCUT2D eigenvalue weighted by molar-refractivity contribution is 0.0729. The molecule has 3 rings (SSSR count). The molecule has 0 fully saturated rings. The summed E-state index contributed by atoms with van der Waals surface area (Å²) >= 11 is 3.52. The summed E-state index contributed by atoms with van der Waals surface area (Å²) in [6, 6.07) is 18.7. The van der Waals surface area contributed by atoms with Crippen LogP contribution in [0, 0.1) is 0 Å². The molecular formula is C19H15BrO3. The van der Waals surface area contributed by atoms with Gasteiger partial charge < -0.3 is 9.47 Å². The fourth-order valence-corrected chi connectivity index (χ4v) is 2.94. The van der Waals surface area contributed by atoms with Gasteiger partial charge in [0, 0.05) is 0 Å². The quantitative estimate of drug-likeness (QED) is 0.466. The molecule has 0 amide bonds. The van der Waals surface area contributed by atoms with Crippen LogP contribution < -0.4 is 9.47 Å². The standard InChI is InChI=1S/C19H15BrO3/c1-2-22-16-10-6-5-9-15(16)19(21)23-17-12-11-13-7-3-4-8-14(13)18(17)20/h3-12H,2H2,1H3. The Morgan fingerprint density at radius 3 is 2.52 bits per heavy atom. The van der Waals surface area contributed by atoms with E-state index in [4.69, 9.17) is 9.47 Å². The van der Waals surface area contributed by atoms with E-state index in [0.717, 1.165) is 15.2 Å². The number of benzene rings is 3. The van der Waals surface area contributed by atoms with Crippen LogP contribution in [0.4, 0.5) is 0 Å². The first kappa shape index (κ1) is 15.6. The highest BCUT2D eigenvalue weighted by molar-refractivity contribution is 9.10. The average molecular weight is 371 g/mol. The number of esters is 1. The molecule has 23 heavy (non-hydrogen) atoms. The van der Waals surface area contributed by atoms with Gasteiger partial charge in [-0.2, -0.15) is 0 Å². The van der Waals surface area contributed by atoms with E-state index in [-0.39, 0.29) is 0 Å². The molecule has 0 atom stereocenters. The summed E-state index contributed by atoms with van der Waals surface area (Å²) in [5, 5.41) is 2.07. The van der Waals surface area contributed by atoms with Gasteiger partial charge in [-0.1, -0.05) is 42.5 Å². The number of hydrogen-bond donors (Lipinski definition) is 0. The van der Waals surface area contributed by atoms with Crippen LogP contribution in [0.3, 0.4) is 0 Å². The summed E-state index contributed by atoms with van der Waals surface area (Å²) in [6.07, 6.45) is 0. The third-order valence-corrected chi connectivity index (χ3v) is 4.26. The Labute approximate surface area is 143 Å². The van der Waals surface area contributed by atoms with Crippen LogP contribution in [0.2, 0.25) is 0 Å². The number of ether oxygens (including phenoxy) is 2. The molecule has 3 nitrogen and oxygen atoms in total. The molecule has 0 N–H and O–H groups in total. The Balaban J connectivity index is 1.93. The average Bonchev–Trinajstić information content (AvgIpc) is 2.58. The van der Waals surface area contributed by atoms with Crippen molar-refractivity contribution in [2.75, 3.05) is 6.61 Å². The Morgan fingerprint density at radius 2 is 1.70 bits per heavy atom. The Morgan fingerprint density at radius 1 is 0.957 bits per heavy atom. The second kappa shape index (κ2) is 6.84. The van der Waals surface area contributed by atoms with Crippen molar-refractivity contribution < 1.29 is 14.3 Å². The largest absolute Gasteiger partial charge is 0.493 e. The number of carbonyl (C=O) groups is 1. The Bertz CT molecular complexity index is 858. The molecule has 0 heterocycles. The molecule has 4 heteroatoms. The zero-order valence-electron chi connectivity index (χ0n) is 12.6. The van der Waals surface area contributed by atoms with Crippen LogP contribution in [0.25, 0.3) is 10.8 Å². The number of hydrogen-bond acceptors (Lipinski definition) is 3. The summed E-state index contributed by atoms with van der Waals surface area (Å²) in [5.41, 5.74) is 0.411. The molecule has 116 valence electrons. The minimum absolute atomic E-state index is 0.411. The van der Waals surface area contributed by atoms with Crippen molar-refractivity contribution in [1.29, 1.82) is 0 Å². The van der Waals surface area contributed by atoms with E-state index in [1.54, 1.807) is 24.3 Å². The van der Waals surface area contributed by atoms with Crippen LogP contribution in [0.5, 0.6) is 11.5 Å². The number of halogens is 1. The van der Waals surface area contributed by atoms with Gasteiger partial charge in [0.15, 0.2) is 0 Å². The molecular weight excluding hydrogens is 356 g/mol. The highest BCUT2D eigenvalue weighted by atomic mass is 79.9. The first-order valence-electron chi connectivity index (χ1n) is 7.32. The number of rotatable bonds is 4. The molecule has 3 aromatic carbocycles. The maximum absolute atomic E-state index is 12.5. The van der Waals surface area contributed by atoms with Crippen molar-refractivity contribution in [1.82, 2.24) is 0 Å². The summed E-state index contributed by atoms with van der Waals surface area (Å²) < 4.78 is 11.8. The van der Waals surface area contributed by atoms with Crippen molar-refractivity contribution in [3.05, 3.63) is 70.7 Å². The van der Waals surface area contributed by atoms with Crippen LogP contribution >= 0.6 is 15.9 Å². The second-order valence-corrected chi connectivity index (χ2v) is 5.71. The van der Waals surface area contributed by atoms with E-state index in [9.17, 15) is 4.79 Å². The van der Waals surface area contributed by atoms with Crippen molar-refractivity contribution in [2.45, 2.75) is 6.92 Å². The lowest BCUT2D eigenvalue weighted by Crippen LogP contribution is -2.11. The van der Waals surface area contributed by atoms with Crippen LogP contribution in [0.15, 0.2) is 65.1 Å². The van der Waals surface area contributed by atoms with Crippen molar-refractivity contribution >= 4 is 32.7 Å². The Hall–Kier alpha value is -2.33. The highest BCUT2D eigenvalue weighted by Crippen LogP contribution is 2.34. The monoisotopic (exact) mass is 370 g/mol. The van der Waals surface area contributed by atoms with Crippen LogP contribution in [-0.4, -0.2) is 12.6 Å². The van der Waals surface area contributed by atoms with Gasteiger partial charge in [-0.3, -0.25) is 0 Å². The van der Waals surface area contributed by atoms with Crippen LogP contribution in [-0.2, 0) is 0 Å². The van der Waals surface area contributed by atoms with Gasteiger partial charge in [-0.05, 0) is 51.8 Å². The van der Waals surface area contributed by atoms with Crippen LogP contribution in [0.1, 0.15) is 17.3 Å². The first-order chi connectivity index (χ1) is 11.2. The lowest BCUT2D eigenvalue weighted by Gasteiger charge is -2.11. The van der Waals surface area contributed by atoms with E-state index in [1.165, 1.54) is 0 Å². The maximum atomic E-state index is 12.5. The second-order valence-electron chi connectivity index (χ2n) is 4.92. The molecule has 0 saturated heterocycles. The third kappa shape index (κ3) is 3.22. The van der Waals surface area contributed by atoms with E-state index < -0.39 is 5.97 Å². The highest BCUT2D eigenvalue weighted by Gasteiger charge is 2.16. The molecule has 0 saturated carbocycles. The van der Waals surface area contributed by atoms with Gasteiger partial charge in [0.1, 0.15) is 17.1 Å². The number of fused-ring (bicyclic) bond motifs is 1. The smallest absolute Gasteiger partial charge is 0.347 e. The van der Waals surface area contributed by atoms with Gasteiger partial charge in [0.25, 0.3) is 0 Å². The third-order valence-electron chi connectivity index (χ3n) is 3.44. The summed E-state index contributed by atoms with van der Waals surface area (Å²) in [4.78, 5) is 12.5. The predicted molar refractivity (Wildman–Crippen MR) is 94.2 cm³/mol. The van der Waals surface area contributed by atoms with Gasteiger partial charge in [-0.25, -0.2) is 4.79 Å². The lowest BCUT2D eigenvalue weighted by atomic mass is 10.1. The molecule has 0 aliphatic heterocycles. The van der Waals surface area contributed by atoms with E-state index in [0.29, 0.717) is 23.7 Å². The van der Waals surface area contributed by atoms with E-state index in [2.05, 4.69) is 15.9 Å². The molecule has 0 unspecified atom stereocenters. The fourth-order valence-electron chi connectivity index (χ4n) is 2.36. The molecule has 0 aliphatic rings. The Kier molecular flexibility index (Phi) is 4.63. The molecule has 3 aromatic rings. The number of para-hydroxylation sites is 1. The van der Waals surface area contributed by atoms with Gasteiger partial charge in [0.05, 0.1) is 11.1 Å². The van der Waals surface area contributed by atoms with E-state index >= 15 is 0 Å². The minimum atomic E-state index is -0.440. The predicted octanol–water partition coefficient (Wildman–Crippen LogP) is 5.22. The maximum Gasteiger partial charge on any atom is 0.347 e. The minimum Gasteiger partial charge on any atom is -0.493 e. The topological polar surface area (TPSA) is 35.5 Å². The van der Waals surface area contributed by atoms with Crippen molar-refractivity contribution in [3.63, 3.8) is 0 Å². The van der Waals surface area contributed by atoms with Crippen molar-refractivity contribution in [2.24, 2.45) is 0 Å². The van der Waals surface area contributed by atoms with Crippen molar-refractivity contribution in [3.8, 4) is 11.5 Å². The first-order valence-corrected chi connectivity index (χ1v) is 8.11. The van der Waals surface area contributed by atoms with E-state index in [1.807, 2.05) is 43.3 Å². The fraction of sp³-hybridized carbons (Fsp3) is 0.105. The summed E-state index contributed by atoms with van der Waals surface area (Å²) in [5.74, 6) is 0.571.